The molecule has 2 aliphatic heterocycles. The van der Waals surface area contributed by atoms with Crippen LogP contribution < -0.4 is 19.7 Å². The van der Waals surface area contributed by atoms with Crippen LogP contribution >= 0.6 is 0 Å². The van der Waals surface area contributed by atoms with Crippen molar-refractivity contribution in [3.63, 3.8) is 0 Å². The third kappa shape index (κ3) is 4.20. The molecule has 5 rings (SSSR count). The molecule has 2 aromatic heterocycles. The number of rotatable bonds is 4. The number of carbonyl (C=O) groups excluding carboxylic acids is 1. The summed E-state index contributed by atoms with van der Waals surface area (Å²) in [6.45, 7) is 2.79. The summed E-state index contributed by atoms with van der Waals surface area (Å²) in [6.07, 6.45) is 2.82. The Morgan fingerprint density at radius 3 is 2.45 bits per heavy atom. The van der Waals surface area contributed by atoms with E-state index in [-0.39, 0.29) is 12.5 Å². The topological polar surface area (TPSA) is 92.7 Å². The molecule has 31 heavy (non-hydrogen) atoms. The van der Waals surface area contributed by atoms with E-state index in [1.807, 2.05) is 53.4 Å². The van der Waals surface area contributed by atoms with Gasteiger partial charge in [-0.1, -0.05) is 12.1 Å². The molecular formula is C22H22N6O3. The van der Waals surface area contributed by atoms with Gasteiger partial charge in [-0.3, -0.25) is 9.78 Å². The van der Waals surface area contributed by atoms with Crippen LogP contribution in [0.1, 0.15) is 0 Å². The fourth-order valence-corrected chi connectivity index (χ4v) is 3.64. The molecule has 9 heteroatoms. The molecular weight excluding hydrogens is 396 g/mol. The number of fused-ring (bicyclic) bond motifs is 1. The van der Waals surface area contributed by atoms with E-state index >= 15 is 0 Å². The molecule has 1 amide bonds. The van der Waals surface area contributed by atoms with Crippen molar-refractivity contribution < 1.29 is 14.3 Å². The maximum absolute atomic E-state index is 12.9. The molecule has 1 fully saturated rings. The highest BCUT2D eigenvalue weighted by Gasteiger charge is 2.32. The number of hydrogen-bond donors (Lipinski definition) is 1. The molecule has 1 atom stereocenters. The highest BCUT2D eigenvalue weighted by atomic mass is 16.6. The van der Waals surface area contributed by atoms with E-state index in [1.54, 1.807) is 12.4 Å². The highest BCUT2D eigenvalue weighted by Crippen LogP contribution is 2.31. The first-order valence-electron chi connectivity index (χ1n) is 10.2. The van der Waals surface area contributed by atoms with E-state index < -0.39 is 6.10 Å². The second-order valence-electron chi connectivity index (χ2n) is 7.31. The maximum Gasteiger partial charge on any atom is 0.267 e. The summed E-state index contributed by atoms with van der Waals surface area (Å²) >= 11 is 0. The van der Waals surface area contributed by atoms with Crippen molar-refractivity contribution in [3.8, 4) is 11.5 Å². The van der Waals surface area contributed by atoms with Gasteiger partial charge < -0.3 is 24.6 Å². The van der Waals surface area contributed by atoms with Crippen LogP contribution in [0.25, 0.3) is 0 Å². The van der Waals surface area contributed by atoms with E-state index in [4.69, 9.17) is 9.47 Å². The molecule has 2 aliphatic rings. The quantitative estimate of drug-likeness (QED) is 0.689. The summed E-state index contributed by atoms with van der Waals surface area (Å²) in [4.78, 5) is 20.8. The maximum atomic E-state index is 12.9. The largest absolute Gasteiger partial charge is 0.485 e. The molecule has 4 heterocycles. The van der Waals surface area contributed by atoms with Gasteiger partial charge in [0.1, 0.15) is 6.61 Å². The lowest BCUT2D eigenvalue weighted by Crippen LogP contribution is -2.54. The Labute approximate surface area is 179 Å². The number of nitrogens with one attached hydrogen (secondary N) is 1. The minimum absolute atomic E-state index is 0.0443. The van der Waals surface area contributed by atoms with E-state index in [0.29, 0.717) is 43.5 Å². The lowest BCUT2D eigenvalue weighted by molar-refractivity contribution is -0.141. The third-order valence-corrected chi connectivity index (χ3v) is 5.30. The summed E-state index contributed by atoms with van der Waals surface area (Å²) in [5.74, 6) is 2.70. The first kappa shape index (κ1) is 19.1. The highest BCUT2D eigenvalue weighted by molar-refractivity contribution is 5.82. The average Bonchev–Trinajstić information content (AvgIpc) is 2.84. The number of benzene rings is 1. The Kier molecular flexibility index (Phi) is 5.22. The van der Waals surface area contributed by atoms with Gasteiger partial charge in [-0.05, 0) is 36.4 Å². The van der Waals surface area contributed by atoms with Gasteiger partial charge in [0, 0.05) is 44.3 Å². The van der Waals surface area contributed by atoms with Crippen LogP contribution in [0, 0.1) is 0 Å². The van der Waals surface area contributed by atoms with Crippen LogP contribution in [0.3, 0.4) is 0 Å². The number of para-hydroxylation sites is 2. The summed E-state index contributed by atoms with van der Waals surface area (Å²) in [7, 11) is 0. The fraction of sp³-hybridized carbons (Fsp3) is 0.273. The van der Waals surface area contributed by atoms with Crippen molar-refractivity contribution in [2.45, 2.75) is 6.10 Å². The molecule has 3 aromatic rings. The van der Waals surface area contributed by atoms with Crippen molar-refractivity contribution in [2.75, 3.05) is 43.0 Å². The molecule has 0 spiro atoms. The zero-order chi connectivity index (χ0) is 21.0. The van der Waals surface area contributed by atoms with Gasteiger partial charge in [-0.2, -0.15) is 0 Å². The van der Waals surface area contributed by atoms with Crippen LogP contribution in [0.5, 0.6) is 11.5 Å². The molecule has 0 bridgehead atoms. The second kappa shape index (κ2) is 8.47. The molecule has 1 unspecified atom stereocenters. The molecule has 1 aromatic carbocycles. The Bertz CT molecular complexity index is 1040. The molecule has 0 saturated carbocycles. The van der Waals surface area contributed by atoms with Gasteiger partial charge in [0.05, 0.1) is 0 Å². The molecule has 0 radical (unpaired) electrons. The van der Waals surface area contributed by atoms with Gasteiger partial charge in [0.15, 0.2) is 23.1 Å². The number of anilines is 3. The first-order valence-corrected chi connectivity index (χ1v) is 10.2. The van der Waals surface area contributed by atoms with E-state index in [9.17, 15) is 4.79 Å². The van der Waals surface area contributed by atoms with Crippen molar-refractivity contribution in [1.29, 1.82) is 0 Å². The summed E-state index contributed by atoms with van der Waals surface area (Å²) in [5.41, 5.74) is 0.903. The summed E-state index contributed by atoms with van der Waals surface area (Å²) in [6, 6.07) is 15.0. The van der Waals surface area contributed by atoms with Gasteiger partial charge >= 0.3 is 0 Å². The molecule has 9 nitrogen and oxygen atoms in total. The predicted molar refractivity (Wildman–Crippen MR) is 115 cm³/mol. The number of pyridine rings is 1. The van der Waals surface area contributed by atoms with Crippen molar-refractivity contribution in [3.05, 3.63) is 60.9 Å². The third-order valence-electron chi connectivity index (χ3n) is 5.30. The van der Waals surface area contributed by atoms with Crippen LogP contribution in [-0.4, -0.2) is 64.9 Å². The van der Waals surface area contributed by atoms with Gasteiger partial charge in [0.2, 0.25) is 6.10 Å². The van der Waals surface area contributed by atoms with Crippen molar-refractivity contribution >= 4 is 23.2 Å². The summed E-state index contributed by atoms with van der Waals surface area (Å²) < 4.78 is 11.5. The molecule has 158 valence electrons. The lowest BCUT2D eigenvalue weighted by Gasteiger charge is -2.37. The number of ether oxygens (including phenoxy) is 2. The normalized spacial score (nSPS) is 17.9. The van der Waals surface area contributed by atoms with Gasteiger partial charge in [-0.15, -0.1) is 10.2 Å². The van der Waals surface area contributed by atoms with Crippen LogP contribution in [0.2, 0.25) is 0 Å². The zero-order valence-electron chi connectivity index (χ0n) is 16.8. The van der Waals surface area contributed by atoms with E-state index in [0.717, 1.165) is 11.5 Å². The number of aromatic nitrogens is 3. The molecule has 1 saturated heterocycles. The Morgan fingerprint density at radius 1 is 0.935 bits per heavy atom. The lowest BCUT2D eigenvalue weighted by atomic mass is 10.2. The Morgan fingerprint density at radius 2 is 1.71 bits per heavy atom. The fourth-order valence-electron chi connectivity index (χ4n) is 3.64. The first-order chi connectivity index (χ1) is 15.3. The number of hydrogen-bond acceptors (Lipinski definition) is 8. The Hall–Kier alpha value is -3.88. The van der Waals surface area contributed by atoms with Crippen LogP contribution in [0.15, 0.2) is 60.9 Å². The average molecular weight is 418 g/mol. The molecule has 0 aliphatic carbocycles. The van der Waals surface area contributed by atoms with Crippen molar-refractivity contribution in [2.24, 2.45) is 0 Å². The predicted octanol–water partition coefficient (Wildman–Crippen LogP) is 2.10. The standard InChI is InChI=1S/C22H22N6O3/c29-22(19-15-30-17-3-1-2-4-18(17)31-19)28-13-11-27(12-14-28)21-6-5-20(25-26-21)24-16-7-9-23-10-8-16/h1-10,19H,11-15H2,(H,23,24,25). The van der Waals surface area contributed by atoms with E-state index in [1.165, 1.54) is 0 Å². The Balaban J connectivity index is 1.16. The van der Waals surface area contributed by atoms with Gasteiger partial charge in [-0.25, -0.2) is 0 Å². The number of piperazine rings is 1. The SMILES string of the molecule is O=C(C1COc2ccccc2O1)N1CCN(c2ccc(Nc3ccncc3)nn2)CC1. The second-order valence-corrected chi connectivity index (χ2v) is 7.31. The minimum atomic E-state index is -0.611. The number of nitrogens with zero attached hydrogens (tertiary/aromatic N) is 5. The zero-order valence-corrected chi connectivity index (χ0v) is 16.8. The van der Waals surface area contributed by atoms with Gasteiger partial charge in [0.25, 0.3) is 5.91 Å². The number of carbonyl (C=O) groups is 1. The van der Waals surface area contributed by atoms with Crippen LogP contribution in [-0.2, 0) is 4.79 Å². The van der Waals surface area contributed by atoms with Crippen LogP contribution in [0.4, 0.5) is 17.3 Å². The summed E-state index contributed by atoms with van der Waals surface area (Å²) in [5, 5.41) is 11.8. The number of amides is 1. The minimum Gasteiger partial charge on any atom is -0.485 e. The monoisotopic (exact) mass is 418 g/mol. The smallest absolute Gasteiger partial charge is 0.267 e. The van der Waals surface area contributed by atoms with Crippen molar-refractivity contribution in [1.82, 2.24) is 20.1 Å². The van der Waals surface area contributed by atoms with E-state index in [2.05, 4.69) is 25.4 Å². The molecule has 1 N–H and O–H groups in total.